The minimum Gasteiger partial charge on any atom is -0.481 e. The molecule has 1 aromatic carbocycles. The maximum atomic E-state index is 12.7. The third-order valence-corrected chi connectivity index (χ3v) is 7.83. The van der Waals surface area contributed by atoms with Gasteiger partial charge in [-0.1, -0.05) is 12.5 Å². The van der Waals surface area contributed by atoms with Gasteiger partial charge in [-0.3, -0.25) is 4.79 Å². The van der Waals surface area contributed by atoms with Crippen LogP contribution >= 0.6 is 0 Å². The van der Waals surface area contributed by atoms with Crippen molar-refractivity contribution in [3.8, 4) is 0 Å². The van der Waals surface area contributed by atoms with E-state index >= 15 is 0 Å². The average Bonchev–Trinajstić information content (AvgIpc) is 3.14. The predicted molar refractivity (Wildman–Crippen MR) is 100 cm³/mol. The fraction of sp³-hybridized carbons (Fsp3) is 0.556. The van der Waals surface area contributed by atoms with E-state index in [4.69, 9.17) is 0 Å². The summed E-state index contributed by atoms with van der Waals surface area (Å²) < 4.78 is 26.0. The van der Waals surface area contributed by atoms with Crippen LogP contribution in [-0.4, -0.2) is 61.9 Å². The minimum absolute atomic E-state index is 0.0256. The fourth-order valence-corrected chi connectivity index (χ4v) is 5.35. The normalized spacial score (nSPS) is 24.9. The summed E-state index contributed by atoms with van der Waals surface area (Å²) in [6.45, 7) is 2.24. The fourth-order valence-electron chi connectivity index (χ4n) is 4.21. The molecule has 0 unspecified atom stereocenters. The first-order valence-corrected chi connectivity index (χ1v) is 10.3. The summed E-state index contributed by atoms with van der Waals surface area (Å²) in [6, 6.07) is 4.33. The Hall–Kier alpha value is -2.13. The molecule has 0 aromatic heterocycles. The van der Waals surface area contributed by atoms with Crippen LogP contribution in [-0.2, 0) is 14.8 Å². The standard InChI is InChI=1S/C18H25N3O5S/c1-12-14(7-4-8-15(12)27(25,26)20(2)3)19-17(24)21-10-13-6-5-9-18(13,11-21)16(22)23/h4,7-8,13H,5-6,9-11H2,1-3H3,(H,19,24)(H,22,23)/t13-,18+/m0/s1. The number of benzene rings is 1. The molecule has 2 amide bonds. The van der Waals surface area contributed by atoms with Crippen LogP contribution in [0.1, 0.15) is 24.8 Å². The number of carbonyl (C=O) groups is 2. The second kappa shape index (κ2) is 6.79. The molecule has 148 valence electrons. The quantitative estimate of drug-likeness (QED) is 0.810. The molecule has 0 radical (unpaired) electrons. The molecule has 1 heterocycles. The SMILES string of the molecule is Cc1c(NC(=O)N2C[C@@H]3CCC[C@@]3(C(=O)O)C2)cccc1S(=O)(=O)N(C)C. The Morgan fingerprint density at radius 3 is 2.63 bits per heavy atom. The summed E-state index contributed by atoms with van der Waals surface area (Å²) in [5.41, 5.74) is 0.0129. The van der Waals surface area contributed by atoms with E-state index in [9.17, 15) is 23.1 Å². The van der Waals surface area contributed by atoms with E-state index < -0.39 is 27.4 Å². The molecule has 1 saturated heterocycles. The molecule has 2 aliphatic rings. The van der Waals surface area contributed by atoms with Crippen molar-refractivity contribution in [2.24, 2.45) is 11.3 Å². The third kappa shape index (κ3) is 3.19. The number of nitrogens with zero attached hydrogens (tertiary/aromatic N) is 2. The number of rotatable bonds is 4. The Bertz CT molecular complexity index is 883. The molecule has 27 heavy (non-hydrogen) atoms. The van der Waals surface area contributed by atoms with Crippen molar-refractivity contribution < 1.29 is 23.1 Å². The lowest BCUT2D eigenvalue weighted by atomic mass is 9.81. The van der Waals surface area contributed by atoms with Crippen molar-refractivity contribution in [2.45, 2.75) is 31.1 Å². The monoisotopic (exact) mass is 395 g/mol. The number of sulfonamides is 1. The zero-order chi connectivity index (χ0) is 20.0. The van der Waals surface area contributed by atoms with Gasteiger partial charge in [0.25, 0.3) is 0 Å². The van der Waals surface area contributed by atoms with E-state index in [0.29, 0.717) is 24.2 Å². The highest BCUT2D eigenvalue weighted by Crippen LogP contribution is 2.49. The highest BCUT2D eigenvalue weighted by atomic mass is 32.2. The van der Waals surface area contributed by atoms with Gasteiger partial charge in [-0.25, -0.2) is 17.5 Å². The molecule has 2 N–H and O–H groups in total. The van der Waals surface area contributed by atoms with Gasteiger partial charge >= 0.3 is 12.0 Å². The first-order chi connectivity index (χ1) is 12.6. The third-order valence-electron chi connectivity index (χ3n) is 5.87. The lowest BCUT2D eigenvalue weighted by Crippen LogP contribution is -2.38. The van der Waals surface area contributed by atoms with E-state index in [2.05, 4.69) is 5.32 Å². The summed E-state index contributed by atoms with van der Waals surface area (Å²) >= 11 is 0. The molecule has 8 nitrogen and oxygen atoms in total. The molecule has 9 heteroatoms. The minimum atomic E-state index is -3.63. The van der Waals surface area contributed by atoms with Crippen molar-refractivity contribution in [3.05, 3.63) is 23.8 Å². The van der Waals surface area contributed by atoms with Gasteiger partial charge in [-0.05, 0) is 43.4 Å². The second-order valence-electron chi connectivity index (χ2n) is 7.58. The number of urea groups is 1. The van der Waals surface area contributed by atoms with Crippen LogP contribution in [0.5, 0.6) is 0 Å². The van der Waals surface area contributed by atoms with Crippen LogP contribution in [0.25, 0.3) is 0 Å². The van der Waals surface area contributed by atoms with E-state index in [1.807, 2.05) is 0 Å². The van der Waals surface area contributed by atoms with Gasteiger partial charge in [-0.15, -0.1) is 0 Å². The molecule has 3 rings (SSSR count). The summed E-state index contributed by atoms with van der Waals surface area (Å²) in [4.78, 5) is 26.2. The highest BCUT2D eigenvalue weighted by Gasteiger charge is 2.55. The largest absolute Gasteiger partial charge is 0.481 e. The van der Waals surface area contributed by atoms with Crippen LogP contribution in [0, 0.1) is 18.3 Å². The van der Waals surface area contributed by atoms with E-state index in [1.165, 1.54) is 25.1 Å². The molecule has 1 aliphatic carbocycles. The molecular weight excluding hydrogens is 370 g/mol. The Kier molecular flexibility index (Phi) is 4.94. The predicted octanol–water partition coefficient (Wildman–Crippen LogP) is 1.96. The smallest absolute Gasteiger partial charge is 0.321 e. The van der Waals surface area contributed by atoms with E-state index in [-0.39, 0.29) is 17.4 Å². The van der Waals surface area contributed by atoms with Crippen LogP contribution in [0.2, 0.25) is 0 Å². The number of hydrogen-bond donors (Lipinski definition) is 2. The molecule has 1 aromatic rings. The molecule has 2 fully saturated rings. The number of carboxylic acids is 1. The molecular formula is C18H25N3O5S. The second-order valence-corrected chi connectivity index (χ2v) is 9.70. The summed E-state index contributed by atoms with van der Waals surface area (Å²) in [7, 11) is -0.722. The highest BCUT2D eigenvalue weighted by molar-refractivity contribution is 7.89. The van der Waals surface area contributed by atoms with E-state index in [1.54, 1.807) is 19.1 Å². The first kappa shape index (κ1) is 19.6. The number of nitrogens with one attached hydrogen (secondary N) is 1. The van der Waals surface area contributed by atoms with Gasteiger partial charge in [0.15, 0.2) is 0 Å². The number of carboxylic acid groups (broad SMARTS) is 1. The summed E-state index contributed by atoms with van der Waals surface area (Å²) in [5.74, 6) is -0.863. The molecule has 1 saturated carbocycles. The molecule has 0 bridgehead atoms. The maximum Gasteiger partial charge on any atom is 0.321 e. The maximum absolute atomic E-state index is 12.7. The Balaban J connectivity index is 1.81. The number of carbonyl (C=O) groups excluding carboxylic acids is 1. The number of aliphatic carboxylic acids is 1. The van der Waals surface area contributed by atoms with Gasteiger partial charge < -0.3 is 15.3 Å². The van der Waals surface area contributed by atoms with Crippen molar-refractivity contribution in [1.82, 2.24) is 9.21 Å². The Labute approximate surface area is 159 Å². The molecule has 0 spiro atoms. The van der Waals surface area contributed by atoms with Crippen LogP contribution in [0.3, 0.4) is 0 Å². The Morgan fingerprint density at radius 2 is 2.04 bits per heavy atom. The average molecular weight is 395 g/mol. The van der Waals surface area contributed by atoms with E-state index in [0.717, 1.165) is 17.1 Å². The van der Waals surface area contributed by atoms with Crippen LogP contribution < -0.4 is 5.32 Å². The van der Waals surface area contributed by atoms with Crippen molar-refractivity contribution in [1.29, 1.82) is 0 Å². The first-order valence-electron chi connectivity index (χ1n) is 8.91. The number of likely N-dealkylation sites (tertiary alicyclic amines) is 1. The number of fused-ring (bicyclic) bond motifs is 1. The lowest BCUT2D eigenvalue weighted by molar-refractivity contribution is -0.149. The van der Waals surface area contributed by atoms with Gasteiger partial charge in [-0.2, -0.15) is 0 Å². The van der Waals surface area contributed by atoms with Crippen molar-refractivity contribution in [2.75, 3.05) is 32.5 Å². The number of hydrogen-bond acceptors (Lipinski definition) is 4. The van der Waals surface area contributed by atoms with Crippen molar-refractivity contribution >= 4 is 27.7 Å². The summed E-state index contributed by atoms with van der Waals surface area (Å²) in [6.07, 6.45) is 2.27. The molecule has 1 aliphatic heterocycles. The number of anilines is 1. The number of amides is 2. The van der Waals surface area contributed by atoms with Gasteiger partial charge in [0, 0.05) is 32.9 Å². The van der Waals surface area contributed by atoms with Gasteiger partial charge in [0.05, 0.1) is 10.3 Å². The molecule has 2 atom stereocenters. The van der Waals surface area contributed by atoms with Crippen LogP contribution in [0.4, 0.5) is 10.5 Å². The summed E-state index contributed by atoms with van der Waals surface area (Å²) in [5, 5.41) is 12.4. The van der Waals surface area contributed by atoms with Crippen LogP contribution in [0.15, 0.2) is 23.1 Å². The van der Waals surface area contributed by atoms with Gasteiger partial charge in [0.2, 0.25) is 10.0 Å². The zero-order valence-electron chi connectivity index (χ0n) is 15.7. The lowest BCUT2D eigenvalue weighted by Gasteiger charge is -2.24. The Morgan fingerprint density at radius 1 is 1.33 bits per heavy atom. The van der Waals surface area contributed by atoms with Crippen molar-refractivity contribution in [3.63, 3.8) is 0 Å². The van der Waals surface area contributed by atoms with Gasteiger partial charge in [0.1, 0.15) is 0 Å². The topological polar surface area (TPSA) is 107 Å². The zero-order valence-corrected chi connectivity index (χ0v) is 16.5.